The Morgan fingerprint density at radius 1 is 1.04 bits per heavy atom. The van der Waals surface area contributed by atoms with Crippen molar-refractivity contribution in [3.05, 3.63) is 0 Å². The van der Waals surface area contributed by atoms with Gasteiger partial charge in [-0.3, -0.25) is 0 Å². The Labute approximate surface area is 157 Å². The number of rotatable bonds is 11. The van der Waals surface area contributed by atoms with E-state index in [1.807, 2.05) is 0 Å². The Balaban J connectivity index is 4.07. The fraction of sp³-hybridized carbons (Fsp3) is 0.882. The van der Waals surface area contributed by atoms with Crippen LogP contribution in [0.5, 0.6) is 0 Å². The molecule has 0 fully saturated rings. The molecule has 0 saturated carbocycles. The molecule has 7 nitrogen and oxygen atoms in total. The molecule has 27 heavy (non-hydrogen) atoms. The lowest BCUT2D eigenvalue weighted by Crippen LogP contribution is -2.31. The van der Waals surface area contributed by atoms with Gasteiger partial charge in [-0.1, -0.05) is 6.92 Å². The number of aliphatic hydroxyl groups excluding tert-OH is 1. The van der Waals surface area contributed by atoms with Crippen LogP contribution in [-0.2, 0) is 23.7 Å². The number of carbonyl (C=O) groups is 2. The van der Waals surface area contributed by atoms with Crippen LogP contribution in [0.15, 0.2) is 0 Å². The fourth-order valence-electron chi connectivity index (χ4n) is 1.71. The molecule has 0 aromatic heterocycles. The minimum Gasteiger partial charge on any atom is -0.456 e. The maximum Gasteiger partial charge on any atom is 0.508 e. The maximum absolute atomic E-state index is 12.1. The molecule has 0 amide bonds. The third kappa shape index (κ3) is 11.7. The van der Waals surface area contributed by atoms with E-state index in [-0.39, 0.29) is 32.2 Å². The summed E-state index contributed by atoms with van der Waals surface area (Å²) in [5.41, 5.74) is -0.710. The molecule has 0 bridgehead atoms. The van der Waals surface area contributed by atoms with Crippen molar-refractivity contribution in [2.24, 2.45) is 5.92 Å². The first-order chi connectivity index (χ1) is 12.3. The minimum atomic E-state index is -5.02. The molecular formula is C17H29F3O7. The Bertz CT molecular complexity index is 466. The van der Waals surface area contributed by atoms with E-state index in [9.17, 15) is 22.8 Å². The number of hydrogen-bond donors (Lipinski definition) is 1. The number of esters is 1. The zero-order chi connectivity index (χ0) is 21.3. The van der Waals surface area contributed by atoms with Gasteiger partial charge in [0.1, 0.15) is 12.2 Å². The molecule has 0 spiro atoms. The van der Waals surface area contributed by atoms with Crippen LogP contribution < -0.4 is 0 Å². The van der Waals surface area contributed by atoms with E-state index < -0.39 is 36.1 Å². The van der Waals surface area contributed by atoms with Crippen LogP contribution >= 0.6 is 0 Å². The van der Waals surface area contributed by atoms with Crippen LogP contribution in [0.1, 0.15) is 47.5 Å². The monoisotopic (exact) mass is 402 g/mol. The van der Waals surface area contributed by atoms with E-state index in [0.717, 1.165) is 0 Å². The van der Waals surface area contributed by atoms with Crippen molar-refractivity contribution in [1.29, 1.82) is 0 Å². The van der Waals surface area contributed by atoms with E-state index in [4.69, 9.17) is 19.3 Å². The molecule has 1 N–H and O–H groups in total. The van der Waals surface area contributed by atoms with Crippen LogP contribution in [0.2, 0.25) is 0 Å². The molecule has 0 rings (SSSR count). The number of hydrogen-bond acceptors (Lipinski definition) is 7. The normalized spacial score (nSPS) is 15.6. The molecule has 0 aliphatic carbocycles. The summed E-state index contributed by atoms with van der Waals surface area (Å²) in [6.07, 6.45) is -6.91. The van der Waals surface area contributed by atoms with Gasteiger partial charge in [0.25, 0.3) is 0 Å². The zero-order valence-electron chi connectivity index (χ0n) is 16.3. The standard InChI is InChI=1S/C17H29F3O7/c1-11(10-21)13(3)27-15(23)24-9-7-16(4,5)25-8-6-12(2)26-14(22)17(18,19)20/h11-13,21H,6-10H2,1-5H3. The molecule has 0 heterocycles. The highest BCUT2D eigenvalue weighted by Gasteiger charge is 2.41. The minimum absolute atomic E-state index is 0.0185. The van der Waals surface area contributed by atoms with Crippen LogP contribution in [0, 0.1) is 5.92 Å². The summed E-state index contributed by atoms with van der Waals surface area (Å²) >= 11 is 0. The van der Waals surface area contributed by atoms with Crippen LogP contribution in [-0.4, -0.2) is 61.0 Å². The number of alkyl halides is 3. The number of aliphatic hydroxyl groups is 1. The summed E-state index contributed by atoms with van der Waals surface area (Å²) in [5.74, 6) is -2.45. The highest BCUT2D eigenvalue weighted by Crippen LogP contribution is 2.19. The molecule has 3 unspecified atom stereocenters. The Kier molecular flexibility index (Phi) is 10.7. The van der Waals surface area contributed by atoms with Gasteiger partial charge in [-0.25, -0.2) is 9.59 Å². The second kappa shape index (κ2) is 11.3. The summed E-state index contributed by atoms with van der Waals surface area (Å²) in [6, 6.07) is 0. The average molecular weight is 402 g/mol. The molecular weight excluding hydrogens is 373 g/mol. The largest absolute Gasteiger partial charge is 0.508 e. The lowest BCUT2D eigenvalue weighted by molar-refractivity contribution is -0.205. The lowest BCUT2D eigenvalue weighted by atomic mass is 10.1. The molecule has 0 aliphatic rings. The fourth-order valence-corrected chi connectivity index (χ4v) is 1.71. The van der Waals surface area contributed by atoms with Gasteiger partial charge in [-0.2, -0.15) is 13.2 Å². The summed E-state index contributed by atoms with van der Waals surface area (Å²) in [4.78, 5) is 22.3. The first kappa shape index (κ1) is 25.4. The third-order valence-corrected chi connectivity index (χ3v) is 3.85. The number of ether oxygens (including phenoxy) is 4. The lowest BCUT2D eigenvalue weighted by Gasteiger charge is -2.26. The van der Waals surface area contributed by atoms with E-state index in [1.54, 1.807) is 27.7 Å². The summed E-state index contributed by atoms with van der Waals surface area (Å²) in [7, 11) is 0. The van der Waals surface area contributed by atoms with Crippen molar-refractivity contribution >= 4 is 12.1 Å². The van der Waals surface area contributed by atoms with E-state index in [1.165, 1.54) is 6.92 Å². The van der Waals surface area contributed by atoms with Gasteiger partial charge in [-0.05, 0) is 27.7 Å². The van der Waals surface area contributed by atoms with E-state index in [0.29, 0.717) is 6.42 Å². The predicted octanol–water partition coefficient (Wildman–Crippen LogP) is 3.23. The Morgan fingerprint density at radius 2 is 1.63 bits per heavy atom. The van der Waals surface area contributed by atoms with Gasteiger partial charge in [0.05, 0.1) is 18.8 Å². The van der Waals surface area contributed by atoms with Crippen molar-refractivity contribution in [2.75, 3.05) is 19.8 Å². The first-order valence-corrected chi connectivity index (χ1v) is 8.64. The number of carbonyl (C=O) groups excluding carboxylic acids is 2. The van der Waals surface area contributed by atoms with Crippen molar-refractivity contribution < 1.29 is 46.8 Å². The zero-order valence-corrected chi connectivity index (χ0v) is 16.3. The molecule has 10 heteroatoms. The Hall–Kier alpha value is -1.55. The molecule has 160 valence electrons. The summed E-state index contributed by atoms with van der Waals surface area (Å²) in [6.45, 7) is 8.12. The molecule has 0 radical (unpaired) electrons. The van der Waals surface area contributed by atoms with Crippen LogP contribution in [0.25, 0.3) is 0 Å². The van der Waals surface area contributed by atoms with Crippen molar-refractivity contribution in [2.45, 2.75) is 71.4 Å². The average Bonchev–Trinajstić information content (AvgIpc) is 2.52. The van der Waals surface area contributed by atoms with Crippen molar-refractivity contribution in [1.82, 2.24) is 0 Å². The van der Waals surface area contributed by atoms with Gasteiger partial charge in [0.2, 0.25) is 0 Å². The van der Waals surface area contributed by atoms with E-state index >= 15 is 0 Å². The second-order valence-corrected chi connectivity index (χ2v) is 6.94. The summed E-state index contributed by atoms with van der Waals surface area (Å²) < 4.78 is 56.0. The molecule has 0 aromatic rings. The van der Waals surface area contributed by atoms with Gasteiger partial charge in [-0.15, -0.1) is 0 Å². The Morgan fingerprint density at radius 3 is 2.15 bits per heavy atom. The van der Waals surface area contributed by atoms with Crippen LogP contribution in [0.3, 0.4) is 0 Å². The number of halogens is 3. The molecule has 0 saturated heterocycles. The van der Waals surface area contributed by atoms with Gasteiger partial charge < -0.3 is 24.1 Å². The SMILES string of the molecule is CC(CCOC(C)(C)CCOC(=O)OC(C)C(C)CO)OC(=O)C(F)(F)F. The van der Waals surface area contributed by atoms with Crippen LogP contribution in [0.4, 0.5) is 18.0 Å². The summed E-state index contributed by atoms with van der Waals surface area (Å²) in [5, 5.41) is 8.98. The van der Waals surface area contributed by atoms with Crippen molar-refractivity contribution in [3.8, 4) is 0 Å². The highest BCUT2D eigenvalue weighted by molar-refractivity contribution is 5.75. The van der Waals surface area contributed by atoms with Gasteiger partial charge >= 0.3 is 18.3 Å². The second-order valence-electron chi connectivity index (χ2n) is 6.94. The highest BCUT2D eigenvalue weighted by atomic mass is 19.4. The third-order valence-electron chi connectivity index (χ3n) is 3.85. The molecule has 3 atom stereocenters. The smallest absolute Gasteiger partial charge is 0.456 e. The maximum atomic E-state index is 12.1. The van der Waals surface area contributed by atoms with Gasteiger partial charge in [0.15, 0.2) is 0 Å². The van der Waals surface area contributed by atoms with E-state index in [2.05, 4.69) is 4.74 Å². The first-order valence-electron chi connectivity index (χ1n) is 8.64. The molecule has 0 aliphatic heterocycles. The predicted molar refractivity (Wildman–Crippen MR) is 89.0 cm³/mol. The van der Waals surface area contributed by atoms with Gasteiger partial charge in [0, 0.05) is 25.4 Å². The quantitative estimate of drug-likeness (QED) is 0.531. The van der Waals surface area contributed by atoms with Crippen molar-refractivity contribution in [3.63, 3.8) is 0 Å². The topological polar surface area (TPSA) is 91.3 Å². The molecule has 0 aromatic carbocycles.